The second kappa shape index (κ2) is 4.44. The number of aromatic amines is 1. The zero-order valence-corrected chi connectivity index (χ0v) is 9.44. The number of carbonyl (C=O) groups is 1. The zero-order chi connectivity index (χ0) is 12.5. The second-order valence-electron chi connectivity index (χ2n) is 2.44. The lowest BCUT2D eigenvalue weighted by Gasteiger charge is -2.10. The van der Waals surface area contributed by atoms with E-state index in [-0.39, 0.29) is 4.73 Å². The third-order valence-electron chi connectivity index (χ3n) is 1.28. The van der Waals surface area contributed by atoms with E-state index in [1.807, 2.05) is 0 Å². The van der Waals surface area contributed by atoms with Crippen molar-refractivity contribution in [1.82, 2.24) is 9.71 Å². The third kappa shape index (κ3) is 2.97. The Labute approximate surface area is 101 Å². The monoisotopic (exact) mass is 290 g/mol. The highest BCUT2D eigenvalue weighted by Gasteiger charge is 2.34. The molecule has 88 valence electrons. The van der Waals surface area contributed by atoms with Crippen LogP contribution in [0, 0.1) is 5.82 Å². The summed E-state index contributed by atoms with van der Waals surface area (Å²) in [5.41, 5.74) is -2.44. The first-order chi connectivity index (χ1) is 7.21. The molecule has 0 unspecified atom stereocenters. The smallest absolute Gasteiger partial charge is 0.327 e. The van der Waals surface area contributed by atoms with Crippen LogP contribution < -0.4 is 16.1 Å². The number of H-pyrrole nitrogens is 1. The number of aromatic nitrogens is 2. The van der Waals surface area contributed by atoms with Gasteiger partial charge in [0.05, 0.1) is 6.20 Å². The zero-order valence-electron chi connectivity index (χ0n) is 7.17. The molecule has 0 saturated carbocycles. The molecule has 0 atom stereocenters. The van der Waals surface area contributed by atoms with Crippen molar-refractivity contribution in [3.8, 4) is 0 Å². The van der Waals surface area contributed by atoms with Crippen LogP contribution in [0.15, 0.2) is 15.8 Å². The van der Waals surface area contributed by atoms with Crippen LogP contribution in [-0.4, -0.2) is 19.5 Å². The van der Waals surface area contributed by atoms with Gasteiger partial charge in [0.15, 0.2) is 0 Å². The van der Waals surface area contributed by atoms with E-state index in [1.54, 1.807) is 0 Å². The first-order valence-electron chi connectivity index (χ1n) is 3.53. The van der Waals surface area contributed by atoms with Gasteiger partial charge in [0, 0.05) is 0 Å². The highest BCUT2D eigenvalue weighted by molar-refractivity contribution is 6.75. The maximum absolute atomic E-state index is 12.7. The molecule has 1 heterocycles. The number of nitrogens with one attached hydrogen (secondary N) is 1. The molecule has 16 heavy (non-hydrogen) atoms. The molecule has 0 amide bonds. The minimum Gasteiger partial charge on any atom is -0.327 e. The summed E-state index contributed by atoms with van der Waals surface area (Å²) in [4.78, 5) is 38.3. The number of hydrogen-bond donors (Lipinski definition) is 1. The molecule has 10 heteroatoms. The Morgan fingerprint density at radius 3 is 2.50 bits per heavy atom. The van der Waals surface area contributed by atoms with Gasteiger partial charge in [0.25, 0.3) is 9.35 Å². The Balaban J connectivity index is 3.09. The van der Waals surface area contributed by atoms with E-state index < -0.39 is 26.8 Å². The predicted octanol–water partition coefficient (Wildman–Crippen LogP) is 0.00110. The van der Waals surface area contributed by atoms with Crippen molar-refractivity contribution in [2.75, 3.05) is 0 Å². The summed E-state index contributed by atoms with van der Waals surface area (Å²) in [5.74, 6) is -2.76. The molecule has 0 aromatic carbocycles. The van der Waals surface area contributed by atoms with Gasteiger partial charge in [-0.2, -0.15) is 4.39 Å². The SMILES string of the molecule is O=C(On1cc(F)c(=O)[nH]c1=O)C(Cl)(Cl)Cl. The van der Waals surface area contributed by atoms with Gasteiger partial charge in [-0.15, -0.1) is 4.73 Å². The average Bonchev–Trinajstić information content (AvgIpc) is 2.12. The Morgan fingerprint density at radius 2 is 2.00 bits per heavy atom. The fourth-order valence-electron chi connectivity index (χ4n) is 0.641. The summed E-state index contributed by atoms with van der Waals surface area (Å²) in [6.45, 7) is 0. The van der Waals surface area contributed by atoms with Crippen LogP contribution in [0.2, 0.25) is 0 Å². The molecule has 1 N–H and O–H groups in total. The molecular weight excluding hydrogens is 289 g/mol. The topological polar surface area (TPSA) is 81.2 Å². The Bertz CT molecular complexity index is 532. The van der Waals surface area contributed by atoms with Gasteiger partial charge in [-0.25, -0.2) is 9.59 Å². The standard InChI is InChI=1S/C6H2Cl3FN2O4/c7-6(8,9)4(14)16-12-1-2(10)3(13)11-5(12)15/h1H,(H,11,13,15). The predicted molar refractivity (Wildman–Crippen MR) is 53.2 cm³/mol. The van der Waals surface area contributed by atoms with Gasteiger partial charge in [0.2, 0.25) is 5.82 Å². The molecular formula is C6H2Cl3FN2O4. The van der Waals surface area contributed by atoms with E-state index in [2.05, 4.69) is 4.84 Å². The lowest BCUT2D eigenvalue weighted by Crippen LogP contribution is -2.40. The molecule has 0 aliphatic rings. The fourth-order valence-corrected chi connectivity index (χ4v) is 0.745. The lowest BCUT2D eigenvalue weighted by molar-refractivity contribution is -0.143. The maximum atomic E-state index is 12.7. The van der Waals surface area contributed by atoms with Crippen LogP contribution in [0.3, 0.4) is 0 Å². The average molecular weight is 291 g/mol. The largest absolute Gasteiger partial charge is 0.384 e. The molecule has 0 radical (unpaired) electrons. The minimum absolute atomic E-state index is 0.0982. The van der Waals surface area contributed by atoms with Crippen molar-refractivity contribution in [2.45, 2.75) is 3.79 Å². The first-order valence-corrected chi connectivity index (χ1v) is 4.66. The second-order valence-corrected chi connectivity index (χ2v) is 4.72. The van der Waals surface area contributed by atoms with Crippen molar-refractivity contribution in [3.05, 3.63) is 32.9 Å². The van der Waals surface area contributed by atoms with Crippen molar-refractivity contribution in [3.63, 3.8) is 0 Å². The van der Waals surface area contributed by atoms with Crippen molar-refractivity contribution in [1.29, 1.82) is 0 Å². The Hall–Kier alpha value is -1.05. The highest BCUT2D eigenvalue weighted by atomic mass is 35.6. The van der Waals surface area contributed by atoms with Gasteiger partial charge >= 0.3 is 11.7 Å². The molecule has 0 bridgehead atoms. The molecule has 6 nitrogen and oxygen atoms in total. The van der Waals surface area contributed by atoms with Crippen LogP contribution >= 0.6 is 34.8 Å². The summed E-state index contributed by atoms with van der Waals surface area (Å²) < 4.78 is 10.4. The number of alkyl halides is 3. The van der Waals surface area contributed by atoms with Crippen LogP contribution in [0.1, 0.15) is 0 Å². The van der Waals surface area contributed by atoms with E-state index >= 15 is 0 Å². The van der Waals surface area contributed by atoms with Crippen molar-refractivity contribution >= 4 is 40.8 Å². The highest BCUT2D eigenvalue weighted by Crippen LogP contribution is 2.26. The molecule has 0 aliphatic carbocycles. The van der Waals surface area contributed by atoms with Gasteiger partial charge in [-0.3, -0.25) is 9.78 Å². The first kappa shape index (κ1) is 13.0. The van der Waals surface area contributed by atoms with Crippen LogP contribution in [0.25, 0.3) is 0 Å². The van der Waals surface area contributed by atoms with E-state index in [9.17, 15) is 18.8 Å². The Kier molecular flexibility index (Phi) is 3.61. The summed E-state index contributed by atoms with van der Waals surface area (Å²) in [7, 11) is 0. The summed E-state index contributed by atoms with van der Waals surface area (Å²) in [5, 5.41) is 0. The van der Waals surface area contributed by atoms with E-state index in [0.29, 0.717) is 6.20 Å². The van der Waals surface area contributed by atoms with Crippen LogP contribution in [-0.2, 0) is 4.79 Å². The Morgan fingerprint density at radius 1 is 1.44 bits per heavy atom. The normalized spacial score (nSPS) is 11.2. The lowest BCUT2D eigenvalue weighted by atomic mass is 10.6. The summed E-state index contributed by atoms with van der Waals surface area (Å²) in [6.07, 6.45) is 0.343. The molecule has 1 aromatic heterocycles. The third-order valence-corrected chi connectivity index (χ3v) is 1.74. The molecule has 1 aromatic rings. The van der Waals surface area contributed by atoms with Crippen molar-refractivity contribution < 1.29 is 14.0 Å². The van der Waals surface area contributed by atoms with Gasteiger partial charge in [0.1, 0.15) is 0 Å². The summed E-state index contributed by atoms with van der Waals surface area (Å²) in [6, 6.07) is 0. The number of nitrogens with zero attached hydrogens (tertiary/aromatic N) is 1. The van der Waals surface area contributed by atoms with E-state index in [4.69, 9.17) is 34.8 Å². The number of carbonyl (C=O) groups excluding carboxylic acids is 1. The van der Waals surface area contributed by atoms with E-state index in [1.165, 1.54) is 4.98 Å². The van der Waals surface area contributed by atoms with E-state index in [0.717, 1.165) is 0 Å². The van der Waals surface area contributed by atoms with Gasteiger partial charge in [-0.1, -0.05) is 34.8 Å². The van der Waals surface area contributed by atoms with Gasteiger partial charge in [-0.05, 0) is 0 Å². The van der Waals surface area contributed by atoms with Crippen molar-refractivity contribution in [2.24, 2.45) is 0 Å². The summed E-state index contributed by atoms with van der Waals surface area (Å²) >= 11 is 15.4. The van der Waals surface area contributed by atoms with Gasteiger partial charge < -0.3 is 4.84 Å². The fraction of sp³-hybridized carbons (Fsp3) is 0.167. The molecule has 0 spiro atoms. The van der Waals surface area contributed by atoms with Crippen LogP contribution in [0.4, 0.5) is 4.39 Å². The minimum atomic E-state index is -2.42. The molecule has 1 rings (SSSR count). The maximum Gasteiger partial charge on any atom is 0.384 e. The number of hydrogen-bond acceptors (Lipinski definition) is 4. The molecule has 0 aliphatic heterocycles. The molecule has 0 fully saturated rings. The quantitative estimate of drug-likeness (QED) is 0.739. The number of halogens is 4. The number of rotatable bonds is 1. The van der Waals surface area contributed by atoms with Crippen LogP contribution in [0.5, 0.6) is 0 Å². The molecule has 0 saturated heterocycles.